The second-order valence-corrected chi connectivity index (χ2v) is 4.26. The Labute approximate surface area is 124 Å². The summed E-state index contributed by atoms with van der Waals surface area (Å²) in [5.74, 6) is 0.712. The molecule has 1 aromatic carbocycles. The van der Waals surface area contributed by atoms with Crippen molar-refractivity contribution in [3.63, 3.8) is 0 Å². The van der Waals surface area contributed by atoms with Gasteiger partial charge in [-0.2, -0.15) is 0 Å². The summed E-state index contributed by atoms with van der Waals surface area (Å²) in [6.07, 6.45) is 1.72. The predicted molar refractivity (Wildman–Crippen MR) is 88.9 cm³/mol. The molecule has 0 fully saturated rings. The third kappa shape index (κ3) is 3.50. The van der Waals surface area contributed by atoms with Gasteiger partial charge in [0, 0.05) is 6.21 Å². The second-order valence-electron chi connectivity index (χ2n) is 3.70. The van der Waals surface area contributed by atoms with Crippen molar-refractivity contribution in [2.24, 2.45) is 9.98 Å². The van der Waals surface area contributed by atoms with Gasteiger partial charge in [0.2, 0.25) is 0 Å². The SMILES string of the molecule is Nc1cc(N=Cc2ccccc2)c(N)nc1N=CI. The molecule has 0 saturated carbocycles. The Morgan fingerprint density at radius 2 is 1.84 bits per heavy atom. The lowest BCUT2D eigenvalue weighted by Crippen LogP contribution is -1.95. The molecule has 6 heteroatoms. The number of nitrogen functional groups attached to an aromatic ring is 2. The van der Waals surface area contributed by atoms with Gasteiger partial charge in [0.1, 0.15) is 5.69 Å². The van der Waals surface area contributed by atoms with Crippen LogP contribution >= 0.6 is 22.6 Å². The number of aromatic nitrogens is 1. The molecule has 96 valence electrons. The molecule has 5 nitrogen and oxygen atoms in total. The summed E-state index contributed by atoms with van der Waals surface area (Å²) < 4.78 is 1.59. The average molecular weight is 365 g/mol. The standard InChI is InChI=1S/C13H12IN5/c14-8-18-13-10(15)6-11(12(16)19-13)17-7-9-4-2-1-3-5-9/h1-8H,15H2,(H2,16,19). The Balaban J connectivity index is 2.31. The minimum atomic E-state index is 0.304. The molecule has 0 aliphatic rings. The van der Waals surface area contributed by atoms with Crippen molar-refractivity contribution in [3.05, 3.63) is 42.0 Å². The maximum Gasteiger partial charge on any atom is 0.178 e. The highest BCUT2D eigenvalue weighted by Crippen LogP contribution is 2.29. The van der Waals surface area contributed by atoms with Crippen LogP contribution < -0.4 is 11.5 Å². The lowest BCUT2D eigenvalue weighted by molar-refractivity contribution is 1.28. The quantitative estimate of drug-likeness (QED) is 0.647. The normalized spacial score (nSPS) is 11.4. The number of nitrogens with two attached hydrogens (primary N) is 2. The average Bonchev–Trinajstić information content (AvgIpc) is 2.42. The fraction of sp³-hybridized carbons (Fsp3) is 0. The number of pyridine rings is 1. The van der Waals surface area contributed by atoms with E-state index in [0.717, 1.165) is 5.56 Å². The smallest absolute Gasteiger partial charge is 0.178 e. The minimum Gasteiger partial charge on any atom is -0.396 e. The zero-order valence-electron chi connectivity index (χ0n) is 9.99. The third-order valence-electron chi connectivity index (χ3n) is 2.36. The molecular weight excluding hydrogens is 353 g/mol. The Kier molecular flexibility index (Phi) is 4.45. The van der Waals surface area contributed by atoms with Crippen molar-refractivity contribution in [2.45, 2.75) is 0 Å². The fourth-order valence-electron chi connectivity index (χ4n) is 1.46. The Morgan fingerprint density at radius 3 is 2.53 bits per heavy atom. The number of hydrogen-bond acceptors (Lipinski definition) is 5. The van der Waals surface area contributed by atoms with Crippen molar-refractivity contribution in [1.82, 2.24) is 4.98 Å². The molecule has 1 heterocycles. The highest BCUT2D eigenvalue weighted by Gasteiger charge is 2.05. The predicted octanol–water partition coefficient (Wildman–Crippen LogP) is 3.09. The lowest BCUT2D eigenvalue weighted by atomic mass is 10.2. The first-order valence-corrected chi connectivity index (χ1v) is 6.73. The van der Waals surface area contributed by atoms with Gasteiger partial charge in [0.25, 0.3) is 0 Å². The molecule has 2 rings (SSSR count). The van der Waals surface area contributed by atoms with Gasteiger partial charge in [-0.25, -0.2) is 9.98 Å². The molecule has 1 aromatic heterocycles. The monoisotopic (exact) mass is 365 g/mol. The summed E-state index contributed by atoms with van der Waals surface area (Å²) in [6, 6.07) is 11.4. The van der Waals surface area contributed by atoms with Crippen LogP contribution in [0.4, 0.5) is 23.0 Å². The van der Waals surface area contributed by atoms with Crippen molar-refractivity contribution in [2.75, 3.05) is 11.5 Å². The van der Waals surface area contributed by atoms with E-state index in [0.29, 0.717) is 23.0 Å². The summed E-state index contributed by atoms with van der Waals surface area (Å²) in [5.41, 5.74) is 13.6. The lowest BCUT2D eigenvalue weighted by Gasteiger charge is -2.03. The maximum atomic E-state index is 5.84. The van der Waals surface area contributed by atoms with E-state index in [1.807, 2.05) is 52.9 Å². The third-order valence-corrected chi connectivity index (χ3v) is 2.64. The summed E-state index contributed by atoms with van der Waals surface area (Å²) in [6.45, 7) is 0. The Morgan fingerprint density at radius 1 is 1.11 bits per heavy atom. The maximum absolute atomic E-state index is 5.84. The first kappa shape index (κ1) is 13.5. The molecule has 0 unspecified atom stereocenters. The van der Waals surface area contributed by atoms with Crippen LogP contribution in [0, 0.1) is 0 Å². The molecule has 0 amide bonds. The molecule has 19 heavy (non-hydrogen) atoms. The van der Waals surface area contributed by atoms with E-state index in [1.165, 1.54) is 0 Å². The molecule has 2 aromatic rings. The van der Waals surface area contributed by atoms with Crippen molar-refractivity contribution in [1.29, 1.82) is 0 Å². The first-order valence-electron chi connectivity index (χ1n) is 5.48. The summed E-state index contributed by atoms with van der Waals surface area (Å²) in [7, 11) is 0. The van der Waals surface area contributed by atoms with E-state index >= 15 is 0 Å². The Bertz CT molecular complexity index is 622. The topological polar surface area (TPSA) is 89.6 Å². The van der Waals surface area contributed by atoms with Gasteiger partial charge < -0.3 is 11.5 Å². The van der Waals surface area contributed by atoms with Gasteiger partial charge in [0.05, 0.1) is 9.91 Å². The van der Waals surface area contributed by atoms with Gasteiger partial charge in [-0.15, -0.1) is 0 Å². The number of rotatable bonds is 3. The molecule has 0 bridgehead atoms. The highest BCUT2D eigenvalue weighted by atomic mass is 127. The zero-order chi connectivity index (χ0) is 13.7. The van der Waals surface area contributed by atoms with Crippen LogP contribution in [0.25, 0.3) is 0 Å². The van der Waals surface area contributed by atoms with Crippen molar-refractivity contribution in [3.8, 4) is 0 Å². The largest absolute Gasteiger partial charge is 0.396 e. The van der Waals surface area contributed by atoms with Crippen LogP contribution in [0.5, 0.6) is 0 Å². The van der Waals surface area contributed by atoms with Crippen LogP contribution in [0.2, 0.25) is 0 Å². The van der Waals surface area contributed by atoms with Crippen LogP contribution in [0.1, 0.15) is 5.56 Å². The van der Waals surface area contributed by atoms with E-state index < -0.39 is 0 Å². The van der Waals surface area contributed by atoms with E-state index in [9.17, 15) is 0 Å². The molecular formula is C13H12IN5. The number of benzene rings is 1. The number of aliphatic imine (C=N–C) groups is 2. The molecule has 0 spiro atoms. The van der Waals surface area contributed by atoms with Gasteiger partial charge in [-0.05, 0) is 34.2 Å². The molecule has 0 aliphatic heterocycles. The van der Waals surface area contributed by atoms with Crippen LogP contribution in [0.3, 0.4) is 0 Å². The fourth-order valence-corrected chi connectivity index (χ4v) is 1.72. The van der Waals surface area contributed by atoms with E-state index in [1.54, 1.807) is 16.5 Å². The number of nitrogens with zero attached hydrogens (tertiary/aromatic N) is 3. The van der Waals surface area contributed by atoms with Crippen LogP contribution in [-0.2, 0) is 0 Å². The zero-order valence-corrected chi connectivity index (χ0v) is 12.2. The summed E-state index contributed by atoms with van der Waals surface area (Å²) in [4.78, 5) is 12.4. The number of hydrogen-bond donors (Lipinski definition) is 2. The molecule has 0 radical (unpaired) electrons. The minimum absolute atomic E-state index is 0.304. The molecule has 0 saturated heterocycles. The van der Waals surface area contributed by atoms with Gasteiger partial charge >= 0.3 is 0 Å². The van der Waals surface area contributed by atoms with Gasteiger partial charge in [-0.3, -0.25) is 4.99 Å². The summed E-state index contributed by atoms with van der Waals surface area (Å²) >= 11 is 1.99. The molecule has 0 atom stereocenters. The van der Waals surface area contributed by atoms with Gasteiger partial charge in [0.15, 0.2) is 11.6 Å². The van der Waals surface area contributed by atoms with Crippen LogP contribution in [-0.4, -0.2) is 15.4 Å². The second kappa shape index (κ2) is 6.28. The van der Waals surface area contributed by atoms with Crippen molar-refractivity contribution >= 4 is 56.0 Å². The van der Waals surface area contributed by atoms with Gasteiger partial charge in [-0.1, -0.05) is 30.3 Å². The van der Waals surface area contributed by atoms with E-state index in [4.69, 9.17) is 11.5 Å². The summed E-state index contributed by atoms with van der Waals surface area (Å²) in [5, 5.41) is 0. The molecule has 4 N–H and O–H groups in total. The number of anilines is 2. The first-order chi connectivity index (χ1) is 9.20. The van der Waals surface area contributed by atoms with Crippen LogP contribution in [0.15, 0.2) is 46.4 Å². The highest BCUT2D eigenvalue weighted by molar-refractivity contribution is 14.1. The number of halogens is 1. The van der Waals surface area contributed by atoms with E-state index in [-0.39, 0.29) is 0 Å². The Hall–Kier alpha value is -1.96. The van der Waals surface area contributed by atoms with Crippen molar-refractivity contribution < 1.29 is 0 Å². The van der Waals surface area contributed by atoms with E-state index in [2.05, 4.69) is 15.0 Å². The molecule has 0 aliphatic carbocycles.